The van der Waals surface area contributed by atoms with Crippen LogP contribution in [0, 0.1) is 6.92 Å². The molecule has 0 spiro atoms. The van der Waals surface area contributed by atoms with E-state index in [0.717, 1.165) is 67.6 Å². The van der Waals surface area contributed by atoms with Crippen LogP contribution in [0.5, 0.6) is 5.75 Å². The highest BCUT2D eigenvalue weighted by atomic mass is 16.5. The van der Waals surface area contributed by atoms with Gasteiger partial charge in [0, 0.05) is 26.8 Å². The first-order valence-electron chi connectivity index (χ1n) is 9.30. The quantitative estimate of drug-likeness (QED) is 0.624. The zero-order valence-electron chi connectivity index (χ0n) is 16.1. The van der Waals surface area contributed by atoms with E-state index in [9.17, 15) is 0 Å². The van der Waals surface area contributed by atoms with Crippen molar-refractivity contribution in [1.82, 2.24) is 19.6 Å². The van der Waals surface area contributed by atoms with Gasteiger partial charge in [-0.2, -0.15) is 5.10 Å². The highest BCUT2D eigenvalue weighted by Crippen LogP contribution is 2.30. The lowest BCUT2D eigenvalue weighted by Gasteiger charge is -2.30. The monoisotopic (exact) mass is 367 g/mol. The molecule has 4 rings (SSSR count). The number of anilines is 1. The molecule has 7 heteroatoms. The molecule has 3 aromatic rings. The van der Waals surface area contributed by atoms with Crippen LogP contribution in [0.3, 0.4) is 0 Å². The lowest BCUT2D eigenvalue weighted by molar-refractivity contribution is 0.195. The molecule has 27 heavy (non-hydrogen) atoms. The molecule has 0 saturated heterocycles. The summed E-state index contributed by atoms with van der Waals surface area (Å²) in [7, 11) is 3.44. The van der Waals surface area contributed by atoms with Crippen molar-refractivity contribution in [2.45, 2.75) is 32.7 Å². The maximum absolute atomic E-state index is 5.36. The molecule has 1 aromatic carbocycles. The van der Waals surface area contributed by atoms with Gasteiger partial charge in [-0.25, -0.2) is 14.5 Å². The van der Waals surface area contributed by atoms with E-state index in [1.807, 2.05) is 17.5 Å². The van der Waals surface area contributed by atoms with Crippen LogP contribution in [0.1, 0.15) is 29.1 Å². The molecule has 0 bridgehead atoms. The summed E-state index contributed by atoms with van der Waals surface area (Å²) in [6, 6.07) is 6.32. The second-order valence-corrected chi connectivity index (χ2v) is 6.85. The first-order valence-corrected chi connectivity index (χ1v) is 9.30. The van der Waals surface area contributed by atoms with Crippen molar-refractivity contribution in [1.29, 1.82) is 0 Å². The van der Waals surface area contributed by atoms with Gasteiger partial charge in [0.15, 0.2) is 5.82 Å². The molecule has 3 heterocycles. The average Bonchev–Trinajstić information content (AvgIpc) is 3.03. The average molecular weight is 367 g/mol. The van der Waals surface area contributed by atoms with Crippen LogP contribution in [-0.2, 0) is 24.1 Å². The largest absolute Gasteiger partial charge is 0.497 e. The van der Waals surface area contributed by atoms with E-state index >= 15 is 0 Å². The van der Waals surface area contributed by atoms with E-state index in [1.165, 1.54) is 11.1 Å². The molecule has 0 N–H and O–H groups in total. The van der Waals surface area contributed by atoms with Crippen LogP contribution in [-0.4, -0.2) is 47.0 Å². The van der Waals surface area contributed by atoms with Crippen molar-refractivity contribution in [2.75, 3.05) is 32.3 Å². The topological polar surface area (TPSA) is 64.8 Å². The maximum Gasteiger partial charge on any atom is 0.158 e. The van der Waals surface area contributed by atoms with Crippen molar-refractivity contribution in [2.24, 2.45) is 0 Å². The molecule has 7 nitrogen and oxygen atoms in total. The molecule has 2 aromatic heterocycles. The van der Waals surface area contributed by atoms with Crippen LogP contribution >= 0.6 is 0 Å². The molecule has 0 fully saturated rings. The van der Waals surface area contributed by atoms with E-state index in [-0.39, 0.29) is 0 Å². The number of ether oxygens (including phenoxy) is 2. The third-order valence-electron chi connectivity index (χ3n) is 5.13. The van der Waals surface area contributed by atoms with Gasteiger partial charge in [-0.05, 0) is 49.4 Å². The zero-order chi connectivity index (χ0) is 18.8. The van der Waals surface area contributed by atoms with E-state index in [1.54, 1.807) is 20.5 Å². The van der Waals surface area contributed by atoms with Crippen LogP contribution in [0.25, 0.3) is 5.52 Å². The summed E-state index contributed by atoms with van der Waals surface area (Å²) in [6.07, 6.45) is 4.38. The number of benzene rings is 1. The Bertz CT molecular complexity index is 953. The van der Waals surface area contributed by atoms with Crippen LogP contribution in [0.2, 0.25) is 0 Å². The fourth-order valence-corrected chi connectivity index (χ4v) is 3.76. The molecular formula is C20H25N5O2. The van der Waals surface area contributed by atoms with E-state index in [2.05, 4.69) is 27.1 Å². The minimum absolute atomic E-state index is 0.722. The van der Waals surface area contributed by atoms with Crippen LogP contribution < -0.4 is 9.64 Å². The lowest BCUT2D eigenvalue weighted by atomic mass is 9.99. The summed E-state index contributed by atoms with van der Waals surface area (Å²) < 4.78 is 12.5. The minimum Gasteiger partial charge on any atom is -0.497 e. The number of hydrogen-bond donors (Lipinski definition) is 0. The Kier molecular flexibility index (Phi) is 4.94. The van der Waals surface area contributed by atoms with Crippen molar-refractivity contribution in [3.05, 3.63) is 47.2 Å². The number of fused-ring (bicyclic) bond motifs is 2. The maximum atomic E-state index is 5.36. The first kappa shape index (κ1) is 17.7. The molecule has 142 valence electrons. The number of rotatable bonds is 6. The summed E-state index contributed by atoms with van der Waals surface area (Å²) in [5, 5.41) is 4.42. The first-order chi connectivity index (χ1) is 13.2. The zero-order valence-corrected chi connectivity index (χ0v) is 16.1. The van der Waals surface area contributed by atoms with Crippen LogP contribution in [0.15, 0.2) is 24.5 Å². The minimum atomic E-state index is 0.722. The summed E-state index contributed by atoms with van der Waals surface area (Å²) in [5.74, 6) is 2.76. The summed E-state index contributed by atoms with van der Waals surface area (Å²) >= 11 is 0. The number of nitrogens with zero attached hydrogens (tertiary/aromatic N) is 5. The Labute approximate surface area is 158 Å². The van der Waals surface area contributed by atoms with Crippen molar-refractivity contribution in [3.8, 4) is 5.75 Å². The van der Waals surface area contributed by atoms with Crippen molar-refractivity contribution < 1.29 is 9.47 Å². The van der Waals surface area contributed by atoms with Crippen molar-refractivity contribution >= 4 is 11.3 Å². The number of methoxy groups -OCH3 is 2. The predicted molar refractivity (Wildman–Crippen MR) is 103 cm³/mol. The van der Waals surface area contributed by atoms with Gasteiger partial charge in [-0.1, -0.05) is 6.07 Å². The van der Waals surface area contributed by atoms with Gasteiger partial charge in [-0.15, -0.1) is 0 Å². The molecule has 0 unspecified atom stereocenters. The Morgan fingerprint density at radius 2 is 2.07 bits per heavy atom. The third kappa shape index (κ3) is 3.35. The molecule has 0 radical (unpaired) electrons. The van der Waals surface area contributed by atoms with Gasteiger partial charge in [0.05, 0.1) is 12.8 Å². The molecule has 0 amide bonds. The summed E-state index contributed by atoms with van der Waals surface area (Å²) in [4.78, 5) is 11.7. The fraction of sp³-hybridized carbons (Fsp3) is 0.450. The molecular weight excluding hydrogens is 342 g/mol. The lowest BCUT2D eigenvalue weighted by Crippen LogP contribution is -2.31. The second kappa shape index (κ2) is 7.52. The number of aromatic nitrogens is 4. The standard InChI is InChI=1S/C20H25N5O2/c1-14-23-18(5-4-10-26-2)19-20(21-13-22-25(14)19)24-9-8-15-11-17(27-3)7-6-16(15)12-24/h6-7,11,13H,4-5,8-10,12H2,1-3H3. The summed E-state index contributed by atoms with van der Waals surface area (Å²) in [5.41, 5.74) is 4.72. The van der Waals surface area contributed by atoms with Gasteiger partial charge in [0.25, 0.3) is 0 Å². The van der Waals surface area contributed by atoms with Crippen molar-refractivity contribution in [3.63, 3.8) is 0 Å². The van der Waals surface area contributed by atoms with E-state index < -0.39 is 0 Å². The highest BCUT2D eigenvalue weighted by Gasteiger charge is 2.23. The summed E-state index contributed by atoms with van der Waals surface area (Å²) in [6.45, 7) is 4.45. The smallest absolute Gasteiger partial charge is 0.158 e. The third-order valence-corrected chi connectivity index (χ3v) is 5.13. The molecule has 1 aliphatic heterocycles. The second-order valence-electron chi connectivity index (χ2n) is 6.85. The molecule has 0 aliphatic carbocycles. The van der Waals surface area contributed by atoms with Gasteiger partial charge in [0.2, 0.25) is 0 Å². The Hall–Kier alpha value is -2.67. The Morgan fingerprint density at radius 1 is 1.19 bits per heavy atom. The number of aryl methyl sites for hydroxylation is 2. The molecule has 0 atom stereocenters. The Balaban J connectivity index is 1.69. The van der Waals surface area contributed by atoms with Gasteiger partial charge in [0.1, 0.15) is 23.4 Å². The highest BCUT2D eigenvalue weighted by molar-refractivity contribution is 5.72. The predicted octanol–water partition coefficient (Wildman–Crippen LogP) is 2.58. The van der Waals surface area contributed by atoms with Gasteiger partial charge < -0.3 is 14.4 Å². The van der Waals surface area contributed by atoms with E-state index in [0.29, 0.717) is 0 Å². The SMILES string of the molecule is COCCCc1nc(C)n2ncnc(N3CCc4cc(OC)ccc4C3)c12. The van der Waals surface area contributed by atoms with Gasteiger partial charge >= 0.3 is 0 Å². The Morgan fingerprint density at radius 3 is 2.89 bits per heavy atom. The van der Waals surface area contributed by atoms with Crippen LogP contribution in [0.4, 0.5) is 5.82 Å². The molecule has 0 saturated carbocycles. The fourth-order valence-electron chi connectivity index (χ4n) is 3.76. The van der Waals surface area contributed by atoms with E-state index in [4.69, 9.17) is 14.5 Å². The van der Waals surface area contributed by atoms with Gasteiger partial charge in [-0.3, -0.25) is 0 Å². The molecule has 1 aliphatic rings. The number of hydrogen-bond acceptors (Lipinski definition) is 6. The number of imidazole rings is 1. The normalized spacial score (nSPS) is 13.8.